The summed E-state index contributed by atoms with van der Waals surface area (Å²) < 4.78 is 28.9. The Balaban J connectivity index is 2.06. The predicted molar refractivity (Wildman–Crippen MR) is 161 cm³/mol. The molecular formula is C31H38ClN3O4S. The minimum atomic E-state index is -4.11. The molecule has 40 heavy (non-hydrogen) atoms. The van der Waals surface area contributed by atoms with Crippen LogP contribution in [-0.4, -0.2) is 43.8 Å². The largest absolute Gasteiger partial charge is 0.352 e. The normalized spacial score (nSPS) is 12.8. The van der Waals surface area contributed by atoms with E-state index in [1.807, 2.05) is 40.7 Å². The van der Waals surface area contributed by atoms with Crippen molar-refractivity contribution in [2.75, 3.05) is 10.8 Å². The molecule has 2 atom stereocenters. The van der Waals surface area contributed by atoms with E-state index in [1.165, 1.54) is 17.0 Å². The third kappa shape index (κ3) is 7.64. The van der Waals surface area contributed by atoms with Crippen molar-refractivity contribution in [2.24, 2.45) is 0 Å². The van der Waals surface area contributed by atoms with Crippen molar-refractivity contribution < 1.29 is 18.0 Å². The summed E-state index contributed by atoms with van der Waals surface area (Å²) in [6.07, 6.45) is 1.07. The van der Waals surface area contributed by atoms with Gasteiger partial charge in [-0.3, -0.25) is 13.9 Å². The molecule has 0 fully saturated rings. The number of rotatable bonds is 12. The summed E-state index contributed by atoms with van der Waals surface area (Å²) in [4.78, 5) is 28.9. The summed E-state index contributed by atoms with van der Waals surface area (Å²) in [5, 5.41) is 3.43. The minimum absolute atomic E-state index is 0.0528. The van der Waals surface area contributed by atoms with Gasteiger partial charge in [-0.25, -0.2) is 8.42 Å². The monoisotopic (exact) mass is 583 g/mol. The molecule has 2 amide bonds. The Morgan fingerprint density at radius 2 is 1.45 bits per heavy atom. The van der Waals surface area contributed by atoms with Gasteiger partial charge in [-0.2, -0.15) is 0 Å². The van der Waals surface area contributed by atoms with Crippen LogP contribution in [0.2, 0.25) is 5.02 Å². The summed E-state index contributed by atoms with van der Waals surface area (Å²) in [5.41, 5.74) is 2.89. The number of carbonyl (C=O) groups is 2. The van der Waals surface area contributed by atoms with Gasteiger partial charge in [-0.15, -0.1) is 0 Å². The average Bonchev–Trinajstić information content (AvgIpc) is 2.93. The van der Waals surface area contributed by atoms with Crippen LogP contribution < -0.4 is 9.62 Å². The highest BCUT2D eigenvalue weighted by Gasteiger charge is 2.34. The highest BCUT2D eigenvalue weighted by Crippen LogP contribution is 2.26. The number of hydrogen-bond acceptors (Lipinski definition) is 4. The molecule has 0 unspecified atom stereocenters. The SMILES string of the molecule is CC[C@@H](C)NC(=O)[C@H](CC)N(Cc1ccccc1Cl)C(=O)CN(c1ccc(C)cc1)S(=O)(=O)c1ccc(C)cc1. The maximum absolute atomic E-state index is 14.1. The van der Waals surface area contributed by atoms with E-state index in [0.717, 1.165) is 21.9 Å². The maximum Gasteiger partial charge on any atom is 0.264 e. The average molecular weight is 584 g/mol. The van der Waals surface area contributed by atoms with Gasteiger partial charge in [0.1, 0.15) is 12.6 Å². The third-order valence-electron chi connectivity index (χ3n) is 6.90. The van der Waals surface area contributed by atoms with Crippen LogP contribution in [0.15, 0.2) is 77.7 Å². The van der Waals surface area contributed by atoms with Gasteiger partial charge < -0.3 is 10.2 Å². The fourth-order valence-corrected chi connectivity index (χ4v) is 5.86. The number of benzene rings is 3. The summed E-state index contributed by atoms with van der Waals surface area (Å²) in [6.45, 7) is 9.04. The van der Waals surface area contributed by atoms with Crippen LogP contribution in [-0.2, 0) is 26.2 Å². The first-order valence-electron chi connectivity index (χ1n) is 13.5. The lowest BCUT2D eigenvalue weighted by Gasteiger charge is -2.34. The van der Waals surface area contributed by atoms with Crippen LogP contribution >= 0.6 is 11.6 Å². The minimum Gasteiger partial charge on any atom is -0.352 e. The second-order valence-electron chi connectivity index (χ2n) is 10.0. The molecule has 3 aromatic carbocycles. The smallest absolute Gasteiger partial charge is 0.264 e. The first-order chi connectivity index (χ1) is 19.0. The van der Waals surface area contributed by atoms with E-state index < -0.39 is 28.5 Å². The zero-order valence-corrected chi connectivity index (χ0v) is 25.3. The van der Waals surface area contributed by atoms with Crippen molar-refractivity contribution in [2.45, 2.75) is 71.0 Å². The Morgan fingerprint density at radius 3 is 2.00 bits per heavy atom. The van der Waals surface area contributed by atoms with E-state index in [1.54, 1.807) is 54.6 Å². The molecule has 0 radical (unpaired) electrons. The lowest BCUT2D eigenvalue weighted by atomic mass is 10.1. The van der Waals surface area contributed by atoms with Gasteiger partial charge in [0.05, 0.1) is 10.6 Å². The van der Waals surface area contributed by atoms with Crippen molar-refractivity contribution >= 4 is 39.1 Å². The molecule has 0 aliphatic carbocycles. The first-order valence-corrected chi connectivity index (χ1v) is 15.3. The number of anilines is 1. The topological polar surface area (TPSA) is 86.8 Å². The summed E-state index contributed by atoms with van der Waals surface area (Å²) >= 11 is 6.44. The molecule has 0 spiro atoms. The number of nitrogens with zero attached hydrogens (tertiary/aromatic N) is 2. The lowest BCUT2D eigenvalue weighted by molar-refractivity contribution is -0.140. The molecule has 1 N–H and O–H groups in total. The molecule has 9 heteroatoms. The number of amides is 2. The Hall–Kier alpha value is -3.36. The van der Waals surface area contributed by atoms with Crippen LogP contribution in [0.3, 0.4) is 0 Å². The summed E-state index contributed by atoms with van der Waals surface area (Å²) in [6, 6.07) is 19.7. The summed E-state index contributed by atoms with van der Waals surface area (Å²) in [5.74, 6) is -0.803. The molecule has 0 saturated heterocycles. The van der Waals surface area contributed by atoms with E-state index in [9.17, 15) is 18.0 Å². The number of halogens is 1. The predicted octanol–water partition coefficient (Wildman–Crippen LogP) is 5.87. The van der Waals surface area contributed by atoms with Crippen molar-refractivity contribution in [3.63, 3.8) is 0 Å². The van der Waals surface area contributed by atoms with E-state index >= 15 is 0 Å². The number of sulfonamides is 1. The standard InChI is InChI=1S/C31H38ClN3O4S/c1-6-24(5)33-31(37)29(7-2)34(20-25-10-8-9-11-28(25)32)30(36)21-35(26-16-12-22(3)13-17-26)40(38,39)27-18-14-23(4)15-19-27/h8-19,24,29H,6-7,20-21H2,1-5H3,(H,33,37)/t24-,29+/m1/s1. The van der Waals surface area contributed by atoms with Crippen molar-refractivity contribution in [3.05, 3.63) is 94.5 Å². The van der Waals surface area contributed by atoms with Crippen molar-refractivity contribution in [1.82, 2.24) is 10.2 Å². The Labute approximate surface area is 243 Å². The molecule has 0 bridgehead atoms. The molecule has 0 aromatic heterocycles. The van der Waals surface area contributed by atoms with Gasteiger partial charge in [0.15, 0.2) is 0 Å². The zero-order valence-electron chi connectivity index (χ0n) is 23.7. The molecule has 3 rings (SSSR count). The fraction of sp³-hybridized carbons (Fsp3) is 0.355. The molecule has 0 heterocycles. The van der Waals surface area contributed by atoms with Crippen molar-refractivity contribution in [3.8, 4) is 0 Å². The Kier molecular flexibility index (Phi) is 10.8. The summed E-state index contributed by atoms with van der Waals surface area (Å²) in [7, 11) is -4.11. The van der Waals surface area contributed by atoms with Gasteiger partial charge in [-0.1, -0.05) is 79.0 Å². The Bertz CT molecular complexity index is 1410. The van der Waals surface area contributed by atoms with Crippen LogP contribution in [0.5, 0.6) is 0 Å². The molecule has 7 nitrogen and oxygen atoms in total. The van der Waals surface area contributed by atoms with E-state index in [0.29, 0.717) is 22.7 Å². The second kappa shape index (κ2) is 13.8. The van der Waals surface area contributed by atoms with Gasteiger partial charge in [-0.05, 0) is 69.5 Å². The van der Waals surface area contributed by atoms with E-state index in [-0.39, 0.29) is 23.4 Å². The molecule has 0 saturated carbocycles. The maximum atomic E-state index is 14.1. The van der Waals surface area contributed by atoms with Crippen LogP contribution in [0.4, 0.5) is 5.69 Å². The molecule has 0 aliphatic rings. The van der Waals surface area contributed by atoms with E-state index in [4.69, 9.17) is 11.6 Å². The Morgan fingerprint density at radius 1 is 0.875 bits per heavy atom. The van der Waals surface area contributed by atoms with Crippen molar-refractivity contribution in [1.29, 1.82) is 0 Å². The highest BCUT2D eigenvalue weighted by atomic mass is 35.5. The third-order valence-corrected chi connectivity index (χ3v) is 9.05. The fourth-order valence-electron chi connectivity index (χ4n) is 4.25. The number of hydrogen-bond donors (Lipinski definition) is 1. The molecule has 214 valence electrons. The zero-order chi connectivity index (χ0) is 29.4. The highest BCUT2D eigenvalue weighted by molar-refractivity contribution is 7.92. The molecule has 0 aliphatic heterocycles. The van der Waals surface area contributed by atoms with Crippen LogP contribution in [0.25, 0.3) is 0 Å². The first kappa shape index (κ1) is 31.2. The quantitative estimate of drug-likeness (QED) is 0.289. The van der Waals surface area contributed by atoms with E-state index in [2.05, 4.69) is 5.32 Å². The van der Waals surface area contributed by atoms with Gasteiger partial charge in [0.25, 0.3) is 10.0 Å². The molecule has 3 aromatic rings. The van der Waals surface area contributed by atoms with Gasteiger partial charge in [0.2, 0.25) is 11.8 Å². The van der Waals surface area contributed by atoms with Crippen LogP contribution in [0, 0.1) is 13.8 Å². The van der Waals surface area contributed by atoms with Crippen LogP contribution in [0.1, 0.15) is 50.3 Å². The number of aryl methyl sites for hydroxylation is 2. The molecular weight excluding hydrogens is 546 g/mol. The number of carbonyl (C=O) groups excluding carboxylic acids is 2. The lowest BCUT2D eigenvalue weighted by Crippen LogP contribution is -2.53. The number of nitrogens with one attached hydrogen (secondary N) is 1. The van der Waals surface area contributed by atoms with Gasteiger partial charge >= 0.3 is 0 Å². The second-order valence-corrected chi connectivity index (χ2v) is 12.3. The van der Waals surface area contributed by atoms with Gasteiger partial charge in [0, 0.05) is 17.6 Å².